The zero-order chi connectivity index (χ0) is 70.1. The summed E-state index contributed by atoms with van der Waals surface area (Å²) in [5.74, 6) is 0.278. The summed E-state index contributed by atoms with van der Waals surface area (Å²) in [6, 6.07) is 0. The molecule has 0 saturated carbocycles. The highest BCUT2D eigenvalue weighted by molar-refractivity contribution is 7.47. The molecule has 0 rings (SSSR count). The number of carbonyl (C=O) groups excluding carboxylic acids is 4. The number of phosphoric acid groups is 2. The summed E-state index contributed by atoms with van der Waals surface area (Å²) in [6.07, 6.45) is 53.2. The molecule has 0 spiro atoms. The molecule has 0 aromatic rings. The fourth-order valence-corrected chi connectivity index (χ4v) is 13.1. The van der Waals surface area contributed by atoms with Crippen LogP contribution in [0.5, 0.6) is 0 Å². The zero-order valence-corrected chi connectivity index (χ0v) is 63.9. The van der Waals surface area contributed by atoms with Gasteiger partial charge in [-0.3, -0.25) is 37.3 Å². The van der Waals surface area contributed by atoms with E-state index in [1.165, 1.54) is 193 Å². The summed E-state index contributed by atoms with van der Waals surface area (Å²) >= 11 is 0. The lowest BCUT2D eigenvalue weighted by atomic mass is 9.99. The summed E-state index contributed by atoms with van der Waals surface area (Å²) in [7, 11) is -9.90. The summed E-state index contributed by atoms with van der Waals surface area (Å²) in [4.78, 5) is 72.5. The minimum absolute atomic E-state index is 0.105. The predicted octanol–water partition coefficient (Wildman–Crippen LogP) is 22.2. The van der Waals surface area contributed by atoms with Crippen LogP contribution in [-0.4, -0.2) is 96.7 Å². The monoisotopic (exact) mass is 1400 g/mol. The Balaban J connectivity index is 5.11. The van der Waals surface area contributed by atoms with E-state index in [-0.39, 0.29) is 25.7 Å². The second-order valence-electron chi connectivity index (χ2n) is 28.6. The Labute approximate surface area is 581 Å². The molecule has 6 atom stereocenters. The Kier molecular flexibility index (Phi) is 65.2. The van der Waals surface area contributed by atoms with Gasteiger partial charge in [-0.2, -0.15) is 0 Å². The molecule has 0 aromatic carbocycles. The van der Waals surface area contributed by atoms with E-state index in [4.69, 9.17) is 37.0 Å². The van der Waals surface area contributed by atoms with Crippen molar-refractivity contribution in [1.82, 2.24) is 0 Å². The summed E-state index contributed by atoms with van der Waals surface area (Å²) in [6.45, 7) is 11.9. The van der Waals surface area contributed by atoms with Crippen molar-refractivity contribution < 1.29 is 80.2 Å². The Morgan fingerprint density at radius 3 is 0.800 bits per heavy atom. The van der Waals surface area contributed by atoms with Crippen molar-refractivity contribution in [3.05, 3.63) is 0 Å². The van der Waals surface area contributed by atoms with Crippen molar-refractivity contribution in [2.24, 2.45) is 17.8 Å². The van der Waals surface area contributed by atoms with E-state index < -0.39 is 97.5 Å². The van der Waals surface area contributed by atoms with E-state index in [1.54, 1.807) is 0 Å². The molecule has 0 heterocycles. The normalized spacial score (nSPS) is 14.4. The standard InChI is InChI=1S/C76H148O17P2/c1-8-10-11-40-50-57-73(78)86-63-71(92-75(80)60-53-46-39-33-27-21-23-29-35-42-48-55-68(5)6)65-90-94(82,83)88-61-70(77)62-89-95(84,85)91-66-72(64-87-74(79)58-51-44-37-31-26-20-22-28-34-41-47-54-67(3)4)93-76(81)59-52-45-38-32-25-19-17-15-13-12-14-16-18-24-30-36-43-49-56-69(7)9-2/h67-72,77H,8-66H2,1-7H3,(H,82,83)(H,84,85)/t69?,70-,71+,72+/m0/s1. The maximum atomic E-state index is 13.1. The van der Waals surface area contributed by atoms with E-state index >= 15 is 0 Å². The van der Waals surface area contributed by atoms with Gasteiger partial charge in [0.1, 0.15) is 19.3 Å². The molecule has 19 heteroatoms. The molecule has 564 valence electrons. The third-order valence-corrected chi connectivity index (χ3v) is 19.9. The maximum absolute atomic E-state index is 13.1. The Hall–Kier alpha value is -1.94. The molecule has 0 aliphatic rings. The zero-order valence-electron chi connectivity index (χ0n) is 62.1. The van der Waals surface area contributed by atoms with Crippen molar-refractivity contribution in [3.8, 4) is 0 Å². The van der Waals surface area contributed by atoms with Crippen LogP contribution in [0.2, 0.25) is 0 Å². The fraction of sp³-hybridized carbons (Fsp3) is 0.947. The number of phosphoric ester groups is 2. The number of esters is 4. The molecule has 0 amide bonds. The fourth-order valence-electron chi connectivity index (χ4n) is 11.6. The number of aliphatic hydroxyl groups is 1. The quantitative estimate of drug-likeness (QED) is 0.0222. The van der Waals surface area contributed by atoms with Crippen LogP contribution in [0.3, 0.4) is 0 Å². The van der Waals surface area contributed by atoms with Crippen LogP contribution in [0.1, 0.15) is 389 Å². The molecule has 0 radical (unpaired) electrons. The van der Waals surface area contributed by atoms with Crippen molar-refractivity contribution in [2.45, 2.75) is 407 Å². The van der Waals surface area contributed by atoms with Crippen molar-refractivity contribution in [3.63, 3.8) is 0 Å². The highest BCUT2D eigenvalue weighted by Gasteiger charge is 2.30. The number of carbonyl (C=O) groups is 4. The van der Waals surface area contributed by atoms with Crippen LogP contribution >= 0.6 is 15.6 Å². The third-order valence-electron chi connectivity index (χ3n) is 18.0. The van der Waals surface area contributed by atoms with Crippen molar-refractivity contribution in [2.75, 3.05) is 39.6 Å². The van der Waals surface area contributed by atoms with Gasteiger partial charge in [-0.15, -0.1) is 0 Å². The molecule has 0 saturated heterocycles. The van der Waals surface area contributed by atoms with Gasteiger partial charge < -0.3 is 33.8 Å². The number of unbranched alkanes of at least 4 members (excludes halogenated alkanes) is 41. The molecule has 0 aliphatic heterocycles. The number of rotatable bonds is 74. The predicted molar refractivity (Wildman–Crippen MR) is 386 cm³/mol. The largest absolute Gasteiger partial charge is 0.472 e. The van der Waals surface area contributed by atoms with E-state index in [0.717, 1.165) is 114 Å². The van der Waals surface area contributed by atoms with Gasteiger partial charge in [0.05, 0.1) is 26.4 Å². The van der Waals surface area contributed by atoms with Crippen molar-refractivity contribution >= 4 is 39.5 Å². The minimum Gasteiger partial charge on any atom is -0.462 e. The Morgan fingerprint density at radius 1 is 0.305 bits per heavy atom. The first-order valence-electron chi connectivity index (χ1n) is 39.4. The molecule has 0 fully saturated rings. The first-order chi connectivity index (χ1) is 45.8. The number of hydrogen-bond donors (Lipinski definition) is 3. The molecular weight excluding hydrogens is 1250 g/mol. The third kappa shape index (κ3) is 69.0. The van der Waals surface area contributed by atoms with Gasteiger partial charge in [-0.25, -0.2) is 9.13 Å². The summed E-state index contributed by atoms with van der Waals surface area (Å²) < 4.78 is 68.3. The number of ether oxygens (including phenoxy) is 4. The molecule has 95 heavy (non-hydrogen) atoms. The average molecular weight is 1400 g/mol. The second kappa shape index (κ2) is 66.6. The number of hydrogen-bond acceptors (Lipinski definition) is 15. The SMILES string of the molecule is CCCCCCCC(=O)OC[C@H](COP(=O)(O)OC[C@H](O)COP(=O)(O)OC[C@@H](COC(=O)CCCCCCCCCCCCCC(C)C)OC(=O)CCCCCCCCCCCCCCCCCCCCC(C)CC)OC(=O)CCCCCCCCCCCCCC(C)C. The van der Waals surface area contributed by atoms with Crippen LogP contribution in [-0.2, 0) is 65.4 Å². The Morgan fingerprint density at radius 2 is 0.537 bits per heavy atom. The first kappa shape index (κ1) is 93.1. The highest BCUT2D eigenvalue weighted by Crippen LogP contribution is 2.45. The lowest BCUT2D eigenvalue weighted by Gasteiger charge is -2.21. The second-order valence-corrected chi connectivity index (χ2v) is 31.5. The van der Waals surface area contributed by atoms with E-state index in [2.05, 4.69) is 48.5 Å². The molecule has 17 nitrogen and oxygen atoms in total. The van der Waals surface area contributed by atoms with Gasteiger partial charge >= 0.3 is 39.5 Å². The summed E-state index contributed by atoms with van der Waals surface area (Å²) in [5.41, 5.74) is 0. The van der Waals surface area contributed by atoms with Crippen LogP contribution in [0.15, 0.2) is 0 Å². The van der Waals surface area contributed by atoms with Gasteiger partial charge in [-0.1, -0.05) is 337 Å². The Bertz CT molecular complexity index is 1850. The number of aliphatic hydroxyl groups excluding tert-OH is 1. The minimum atomic E-state index is -4.96. The van der Waals surface area contributed by atoms with Crippen LogP contribution in [0.25, 0.3) is 0 Å². The van der Waals surface area contributed by atoms with E-state index in [0.29, 0.717) is 25.7 Å². The van der Waals surface area contributed by atoms with Gasteiger partial charge in [-0.05, 0) is 43.4 Å². The van der Waals surface area contributed by atoms with E-state index in [1.807, 2.05) is 0 Å². The molecule has 3 N–H and O–H groups in total. The van der Waals surface area contributed by atoms with Gasteiger partial charge in [0, 0.05) is 25.7 Å². The van der Waals surface area contributed by atoms with Crippen molar-refractivity contribution in [1.29, 1.82) is 0 Å². The van der Waals surface area contributed by atoms with Crippen LogP contribution in [0, 0.1) is 17.8 Å². The molecule has 0 bridgehead atoms. The highest BCUT2D eigenvalue weighted by atomic mass is 31.2. The molecule has 0 aliphatic carbocycles. The average Bonchev–Trinajstić information content (AvgIpc) is 2.46. The van der Waals surface area contributed by atoms with Gasteiger partial charge in [0.2, 0.25) is 0 Å². The lowest BCUT2D eigenvalue weighted by molar-refractivity contribution is -0.161. The maximum Gasteiger partial charge on any atom is 0.472 e. The lowest BCUT2D eigenvalue weighted by Crippen LogP contribution is -2.30. The van der Waals surface area contributed by atoms with Gasteiger partial charge in [0.15, 0.2) is 12.2 Å². The molecular formula is C76H148O17P2. The topological polar surface area (TPSA) is 237 Å². The molecule has 0 aromatic heterocycles. The summed E-state index contributed by atoms with van der Waals surface area (Å²) in [5, 5.41) is 10.6. The van der Waals surface area contributed by atoms with E-state index in [9.17, 15) is 43.2 Å². The van der Waals surface area contributed by atoms with Gasteiger partial charge in [0.25, 0.3) is 0 Å². The van der Waals surface area contributed by atoms with Crippen LogP contribution < -0.4 is 0 Å². The van der Waals surface area contributed by atoms with Crippen LogP contribution in [0.4, 0.5) is 0 Å². The molecule has 3 unspecified atom stereocenters. The first-order valence-corrected chi connectivity index (χ1v) is 42.4. The smallest absolute Gasteiger partial charge is 0.462 e.